The first-order valence-electron chi connectivity index (χ1n) is 8.60. The van der Waals surface area contributed by atoms with Crippen LogP contribution in [0.4, 0.5) is 15.9 Å². The number of nitrogens with one attached hydrogen (secondary N) is 1. The molecule has 2 atom stereocenters. The summed E-state index contributed by atoms with van der Waals surface area (Å²) in [6, 6.07) is 7.98. The maximum atomic E-state index is 13.1. The Hall–Kier alpha value is -2.55. The van der Waals surface area contributed by atoms with E-state index in [1.54, 1.807) is 16.6 Å². The van der Waals surface area contributed by atoms with E-state index in [1.807, 2.05) is 12.3 Å². The molecule has 0 amide bonds. The molecule has 3 aromatic rings. The van der Waals surface area contributed by atoms with Crippen LogP contribution in [-0.4, -0.2) is 49.8 Å². The van der Waals surface area contributed by atoms with Crippen LogP contribution in [0.2, 0.25) is 0 Å². The Morgan fingerprint density at radius 3 is 2.85 bits per heavy atom. The van der Waals surface area contributed by atoms with Crippen LogP contribution in [0, 0.1) is 5.82 Å². The van der Waals surface area contributed by atoms with E-state index in [-0.39, 0.29) is 11.9 Å². The third kappa shape index (κ3) is 3.39. The summed E-state index contributed by atoms with van der Waals surface area (Å²) in [5.74, 6) is 0.370. The highest BCUT2D eigenvalue weighted by molar-refractivity contribution is 5.76. The highest BCUT2D eigenvalue weighted by Gasteiger charge is 2.25. The number of fused-ring (bicyclic) bond motifs is 1. The first-order chi connectivity index (χ1) is 12.6. The SMILES string of the molecule is N[C@@H]1CCN(Cc2ccn3ncnc(Nc4ccc(F)cc4)c23)C[C@H]1O. The van der Waals surface area contributed by atoms with Crippen LogP contribution < -0.4 is 11.1 Å². The number of piperidine rings is 1. The number of rotatable bonds is 4. The zero-order valence-corrected chi connectivity index (χ0v) is 14.2. The second-order valence-corrected chi connectivity index (χ2v) is 6.63. The highest BCUT2D eigenvalue weighted by Crippen LogP contribution is 2.25. The van der Waals surface area contributed by atoms with Crippen molar-refractivity contribution < 1.29 is 9.50 Å². The van der Waals surface area contributed by atoms with Gasteiger partial charge in [0.1, 0.15) is 17.7 Å². The number of aliphatic hydroxyl groups is 1. The van der Waals surface area contributed by atoms with Crippen molar-refractivity contribution in [2.45, 2.75) is 25.1 Å². The molecule has 0 saturated carbocycles. The monoisotopic (exact) mass is 356 g/mol. The lowest BCUT2D eigenvalue weighted by Gasteiger charge is -2.33. The van der Waals surface area contributed by atoms with Gasteiger partial charge in [-0.15, -0.1) is 0 Å². The van der Waals surface area contributed by atoms with Crippen molar-refractivity contribution in [2.75, 3.05) is 18.4 Å². The second-order valence-electron chi connectivity index (χ2n) is 6.63. The minimum absolute atomic E-state index is 0.156. The van der Waals surface area contributed by atoms with E-state index in [2.05, 4.69) is 20.3 Å². The molecule has 1 fully saturated rings. The summed E-state index contributed by atoms with van der Waals surface area (Å²) in [4.78, 5) is 6.53. The fourth-order valence-corrected chi connectivity index (χ4v) is 3.31. The number of nitrogens with two attached hydrogens (primary N) is 1. The molecule has 0 bridgehead atoms. The van der Waals surface area contributed by atoms with Crippen molar-refractivity contribution in [2.24, 2.45) is 5.73 Å². The third-order valence-electron chi connectivity index (χ3n) is 4.76. The van der Waals surface area contributed by atoms with Gasteiger partial charge in [0.2, 0.25) is 0 Å². The number of hydrogen-bond acceptors (Lipinski definition) is 6. The Morgan fingerprint density at radius 1 is 1.27 bits per heavy atom. The quantitative estimate of drug-likeness (QED) is 0.656. The van der Waals surface area contributed by atoms with Crippen LogP contribution in [0.15, 0.2) is 42.9 Å². The van der Waals surface area contributed by atoms with Gasteiger partial charge >= 0.3 is 0 Å². The molecule has 2 aromatic heterocycles. The van der Waals surface area contributed by atoms with Gasteiger partial charge in [0.15, 0.2) is 5.82 Å². The molecule has 4 rings (SSSR count). The summed E-state index contributed by atoms with van der Waals surface area (Å²) >= 11 is 0. The molecule has 4 N–H and O–H groups in total. The van der Waals surface area contributed by atoms with Gasteiger partial charge in [0.05, 0.1) is 6.10 Å². The number of aromatic nitrogens is 3. The topological polar surface area (TPSA) is 91.7 Å². The van der Waals surface area contributed by atoms with Crippen LogP contribution in [0.5, 0.6) is 0 Å². The molecule has 0 radical (unpaired) electrons. The predicted molar refractivity (Wildman–Crippen MR) is 96.5 cm³/mol. The standard InChI is InChI=1S/C18H21FN6O/c19-13-1-3-14(4-2-13)23-18-17-12(5-8-25(17)22-11-21-18)9-24-7-6-15(20)16(26)10-24/h1-5,8,11,15-16,26H,6-7,9-10,20H2,(H,21,22,23)/t15-,16-/m1/s1. The maximum Gasteiger partial charge on any atom is 0.158 e. The van der Waals surface area contributed by atoms with Gasteiger partial charge in [-0.05, 0) is 42.3 Å². The zero-order chi connectivity index (χ0) is 18.1. The van der Waals surface area contributed by atoms with E-state index in [4.69, 9.17) is 5.73 Å². The summed E-state index contributed by atoms with van der Waals surface area (Å²) in [5.41, 5.74) is 8.55. The molecule has 26 heavy (non-hydrogen) atoms. The number of aliphatic hydroxyl groups excluding tert-OH is 1. The molecular weight excluding hydrogens is 335 g/mol. The van der Waals surface area contributed by atoms with Crippen LogP contribution in [0.1, 0.15) is 12.0 Å². The van der Waals surface area contributed by atoms with E-state index in [0.29, 0.717) is 18.9 Å². The molecule has 8 heteroatoms. The van der Waals surface area contributed by atoms with Gasteiger partial charge < -0.3 is 16.2 Å². The molecule has 136 valence electrons. The van der Waals surface area contributed by atoms with Gasteiger partial charge in [-0.2, -0.15) is 5.10 Å². The summed E-state index contributed by atoms with van der Waals surface area (Å²) in [6.07, 6.45) is 3.62. The van der Waals surface area contributed by atoms with Crippen molar-refractivity contribution in [3.8, 4) is 0 Å². The fraction of sp³-hybridized carbons (Fsp3) is 0.333. The molecule has 0 aliphatic carbocycles. The molecule has 0 spiro atoms. The number of anilines is 2. The van der Waals surface area contributed by atoms with Gasteiger partial charge in [-0.25, -0.2) is 13.9 Å². The molecular formula is C18H21FN6O. The van der Waals surface area contributed by atoms with E-state index < -0.39 is 6.10 Å². The van der Waals surface area contributed by atoms with Crippen molar-refractivity contribution in [1.29, 1.82) is 0 Å². The van der Waals surface area contributed by atoms with Gasteiger partial charge in [0, 0.05) is 37.6 Å². The lowest BCUT2D eigenvalue weighted by atomic mass is 10.0. The van der Waals surface area contributed by atoms with Crippen LogP contribution in [-0.2, 0) is 6.54 Å². The predicted octanol–water partition coefficient (Wildman–Crippen LogP) is 1.51. The maximum absolute atomic E-state index is 13.1. The van der Waals surface area contributed by atoms with E-state index in [9.17, 15) is 9.50 Å². The lowest BCUT2D eigenvalue weighted by Crippen LogP contribution is -2.50. The Bertz CT molecular complexity index is 896. The molecule has 1 aliphatic rings. The van der Waals surface area contributed by atoms with Gasteiger partial charge in [-0.3, -0.25) is 4.90 Å². The third-order valence-corrected chi connectivity index (χ3v) is 4.76. The number of halogens is 1. The largest absolute Gasteiger partial charge is 0.390 e. The Balaban J connectivity index is 1.61. The van der Waals surface area contributed by atoms with Crippen molar-refractivity contribution in [3.63, 3.8) is 0 Å². The first kappa shape index (κ1) is 16.9. The van der Waals surface area contributed by atoms with Crippen molar-refractivity contribution >= 4 is 17.0 Å². The van der Waals surface area contributed by atoms with E-state index in [1.165, 1.54) is 18.5 Å². The Morgan fingerprint density at radius 2 is 2.08 bits per heavy atom. The van der Waals surface area contributed by atoms with Crippen molar-refractivity contribution in [3.05, 3.63) is 54.2 Å². The summed E-state index contributed by atoms with van der Waals surface area (Å²) in [7, 11) is 0. The minimum Gasteiger partial charge on any atom is -0.390 e. The van der Waals surface area contributed by atoms with Crippen LogP contribution in [0.25, 0.3) is 5.52 Å². The summed E-state index contributed by atoms with van der Waals surface area (Å²) in [5, 5.41) is 17.5. The highest BCUT2D eigenvalue weighted by atomic mass is 19.1. The number of likely N-dealkylation sites (tertiary alicyclic amines) is 1. The molecule has 1 saturated heterocycles. The number of hydrogen-bond donors (Lipinski definition) is 3. The second kappa shape index (κ2) is 6.99. The average Bonchev–Trinajstić information content (AvgIpc) is 3.04. The number of β-amino-alcohol motifs (C(OH)–C–C–N with tert-alkyl or cyclic N) is 1. The molecule has 3 heterocycles. The Labute approximate surface area is 150 Å². The Kier molecular flexibility index (Phi) is 4.54. The van der Waals surface area contributed by atoms with E-state index >= 15 is 0 Å². The van der Waals surface area contributed by atoms with Crippen LogP contribution >= 0.6 is 0 Å². The molecule has 7 nitrogen and oxygen atoms in total. The van der Waals surface area contributed by atoms with Gasteiger partial charge in [-0.1, -0.05) is 0 Å². The molecule has 1 aromatic carbocycles. The molecule has 0 unspecified atom stereocenters. The fourth-order valence-electron chi connectivity index (χ4n) is 3.31. The number of nitrogens with zero attached hydrogens (tertiary/aromatic N) is 4. The van der Waals surface area contributed by atoms with Gasteiger partial charge in [0.25, 0.3) is 0 Å². The summed E-state index contributed by atoms with van der Waals surface area (Å²) < 4.78 is 14.9. The normalized spacial score (nSPS) is 21.2. The number of benzene rings is 1. The van der Waals surface area contributed by atoms with E-state index in [0.717, 1.165) is 29.7 Å². The average molecular weight is 356 g/mol. The van der Waals surface area contributed by atoms with Crippen LogP contribution in [0.3, 0.4) is 0 Å². The summed E-state index contributed by atoms with van der Waals surface area (Å²) in [6.45, 7) is 2.06. The first-order valence-corrected chi connectivity index (χ1v) is 8.60. The minimum atomic E-state index is -0.509. The molecule has 1 aliphatic heterocycles. The smallest absolute Gasteiger partial charge is 0.158 e. The zero-order valence-electron chi connectivity index (χ0n) is 14.2. The lowest BCUT2D eigenvalue weighted by molar-refractivity contribution is 0.0501. The van der Waals surface area contributed by atoms with Crippen molar-refractivity contribution in [1.82, 2.24) is 19.5 Å².